The van der Waals surface area contributed by atoms with E-state index in [0.29, 0.717) is 23.9 Å². The van der Waals surface area contributed by atoms with Crippen LogP contribution in [0, 0.1) is 6.92 Å². The first kappa shape index (κ1) is 17.0. The maximum absolute atomic E-state index is 11.6. The summed E-state index contributed by atoms with van der Waals surface area (Å²) < 4.78 is 10.4. The van der Waals surface area contributed by atoms with Crippen LogP contribution in [0.2, 0.25) is 0 Å². The average Bonchev–Trinajstić information content (AvgIpc) is 2.85. The summed E-state index contributed by atoms with van der Waals surface area (Å²) in [5.41, 5.74) is 0.764. The standard InChI is InChI=1S/C17H28N2O3/c1-12-15(16(20)21-5)10-14(22-12)11-18-13-6-8-19(9-7-13)17(2,3)4/h10,13,18H,6-9,11H2,1-5H3. The molecule has 0 aliphatic carbocycles. The first-order chi connectivity index (χ1) is 10.3. The predicted molar refractivity (Wildman–Crippen MR) is 86.0 cm³/mol. The number of methoxy groups -OCH3 is 1. The maximum atomic E-state index is 11.6. The number of rotatable bonds is 4. The fourth-order valence-corrected chi connectivity index (χ4v) is 2.94. The van der Waals surface area contributed by atoms with E-state index in [9.17, 15) is 4.79 Å². The molecule has 0 aromatic carbocycles. The Morgan fingerprint density at radius 3 is 2.59 bits per heavy atom. The molecule has 1 N–H and O–H groups in total. The lowest BCUT2D eigenvalue weighted by Crippen LogP contribution is -2.49. The molecule has 124 valence electrons. The molecule has 22 heavy (non-hydrogen) atoms. The molecular formula is C17H28N2O3. The Morgan fingerprint density at radius 2 is 2.05 bits per heavy atom. The maximum Gasteiger partial charge on any atom is 0.341 e. The number of piperidine rings is 1. The van der Waals surface area contributed by atoms with Crippen LogP contribution in [0.4, 0.5) is 0 Å². The molecule has 5 nitrogen and oxygen atoms in total. The molecule has 2 rings (SSSR count). The summed E-state index contributed by atoms with van der Waals surface area (Å²) in [6, 6.07) is 2.28. The van der Waals surface area contributed by atoms with Gasteiger partial charge in [0.05, 0.1) is 13.7 Å². The van der Waals surface area contributed by atoms with Crippen LogP contribution in [0.1, 0.15) is 55.5 Å². The number of furan rings is 1. The zero-order valence-corrected chi connectivity index (χ0v) is 14.4. The average molecular weight is 308 g/mol. The normalized spacial score (nSPS) is 17.7. The zero-order chi connectivity index (χ0) is 16.3. The van der Waals surface area contributed by atoms with Crippen LogP contribution in [0.3, 0.4) is 0 Å². The van der Waals surface area contributed by atoms with Crippen molar-refractivity contribution in [2.45, 2.75) is 58.7 Å². The highest BCUT2D eigenvalue weighted by Crippen LogP contribution is 2.21. The zero-order valence-electron chi connectivity index (χ0n) is 14.4. The van der Waals surface area contributed by atoms with Crippen LogP contribution in [0.25, 0.3) is 0 Å². The van der Waals surface area contributed by atoms with Gasteiger partial charge in [-0.2, -0.15) is 0 Å². The number of nitrogens with zero attached hydrogens (tertiary/aromatic N) is 1. The monoisotopic (exact) mass is 308 g/mol. The molecule has 0 unspecified atom stereocenters. The Hall–Kier alpha value is -1.33. The molecule has 0 amide bonds. The summed E-state index contributed by atoms with van der Waals surface area (Å²) in [4.78, 5) is 14.1. The van der Waals surface area contributed by atoms with Crippen molar-refractivity contribution < 1.29 is 13.9 Å². The number of hydrogen-bond donors (Lipinski definition) is 1. The molecule has 0 saturated carbocycles. The van der Waals surface area contributed by atoms with E-state index in [1.165, 1.54) is 7.11 Å². The minimum atomic E-state index is -0.342. The molecule has 1 fully saturated rings. The largest absolute Gasteiger partial charge is 0.465 e. The van der Waals surface area contributed by atoms with Crippen molar-refractivity contribution in [2.24, 2.45) is 0 Å². The third-order valence-corrected chi connectivity index (χ3v) is 4.38. The van der Waals surface area contributed by atoms with Crippen LogP contribution < -0.4 is 5.32 Å². The van der Waals surface area contributed by atoms with Crippen molar-refractivity contribution in [3.05, 3.63) is 23.2 Å². The molecule has 0 atom stereocenters. The molecule has 1 aromatic heterocycles. The Balaban J connectivity index is 1.83. The van der Waals surface area contributed by atoms with E-state index >= 15 is 0 Å². The Bertz CT molecular complexity index is 508. The van der Waals surface area contributed by atoms with E-state index < -0.39 is 0 Å². The summed E-state index contributed by atoms with van der Waals surface area (Å²) >= 11 is 0. The number of likely N-dealkylation sites (tertiary alicyclic amines) is 1. The van der Waals surface area contributed by atoms with Crippen molar-refractivity contribution in [3.8, 4) is 0 Å². The lowest BCUT2D eigenvalue weighted by molar-refractivity contribution is 0.0598. The van der Waals surface area contributed by atoms with Gasteiger partial charge in [0.1, 0.15) is 17.1 Å². The van der Waals surface area contributed by atoms with Crippen molar-refractivity contribution in [1.82, 2.24) is 10.2 Å². The summed E-state index contributed by atoms with van der Waals surface area (Å²) in [6.07, 6.45) is 2.28. The lowest BCUT2D eigenvalue weighted by atomic mass is 9.98. The van der Waals surface area contributed by atoms with Gasteiger partial charge < -0.3 is 14.5 Å². The van der Waals surface area contributed by atoms with E-state index in [-0.39, 0.29) is 11.5 Å². The first-order valence-corrected chi connectivity index (χ1v) is 7.97. The smallest absolute Gasteiger partial charge is 0.341 e. The van der Waals surface area contributed by atoms with Gasteiger partial charge >= 0.3 is 5.97 Å². The van der Waals surface area contributed by atoms with Gasteiger partial charge in [0.2, 0.25) is 0 Å². The van der Waals surface area contributed by atoms with Crippen LogP contribution >= 0.6 is 0 Å². The molecule has 1 saturated heterocycles. The van der Waals surface area contributed by atoms with E-state index in [1.807, 2.05) is 0 Å². The summed E-state index contributed by atoms with van der Waals surface area (Å²) in [5.74, 6) is 1.06. The van der Waals surface area contributed by atoms with Crippen molar-refractivity contribution in [2.75, 3.05) is 20.2 Å². The molecule has 2 heterocycles. The van der Waals surface area contributed by atoms with Gasteiger partial charge in [0, 0.05) is 24.7 Å². The second-order valence-electron chi connectivity index (χ2n) is 6.99. The number of esters is 1. The van der Waals surface area contributed by atoms with Crippen LogP contribution in [-0.2, 0) is 11.3 Å². The van der Waals surface area contributed by atoms with Crippen molar-refractivity contribution in [3.63, 3.8) is 0 Å². The molecule has 1 aliphatic heterocycles. The number of nitrogens with one attached hydrogen (secondary N) is 1. The SMILES string of the molecule is COC(=O)c1cc(CNC2CCN(C(C)(C)C)CC2)oc1C. The van der Waals surface area contributed by atoms with Crippen LogP contribution in [0.15, 0.2) is 10.5 Å². The quantitative estimate of drug-likeness (QED) is 0.867. The van der Waals surface area contributed by atoms with Gasteiger partial charge in [-0.05, 0) is 46.6 Å². The summed E-state index contributed by atoms with van der Waals surface area (Å²) in [5, 5.41) is 3.53. The van der Waals surface area contributed by atoms with Gasteiger partial charge in [-0.25, -0.2) is 4.79 Å². The number of ether oxygens (including phenoxy) is 1. The van der Waals surface area contributed by atoms with Crippen molar-refractivity contribution in [1.29, 1.82) is 0 Å². The molecule has 0 spiro atoms. The fraction of sp³-hybridized carbons (Fsp3) is 0.706. The Kier molecular flexibility index (Phi) is 5.29. The van der Waals surface area contributed by atoms with E-state index in [4.69, 9.17) is 9.15 Å². The van der Waals surface area contributed by atoms with Gasteiger partial charge in [-0.3, -0.25) is 4.90 Å². The highest BCUT2D eigenvalue weighted by atomic mass is 16.5. The molecule has 0 bridgehead atoms. The highest BCUT2D eigenvalue weighted by molar-refractivity contribution is 5.90. The third kappa shape index (κ3) is 4.11. The molecule has 1 aliphatic rings. The molecule has 1 aromatic rings. The van der Waals surface area contributed by atoms with Crippen molar-refractivity contribution >= 4 is 5.97 Å². The van der Waals surface area contributed by atoms with E-state index in [0.717, 1.165) is 31.7 Å². The number of hydrogen-bond acceptors (Lipinski definition) is 5. The second-order valence-corrected chi connectivity index (χ2v) is 6.99. The summed E-state index contributed by atoms with van der Waals surface area (Å²) in [6.45, 7) is 11.5. The third-order valence-electron chi connectivity index (χ3n) is 4.38. The van der Waals surface area contributed by atoms with E-state index in [1.54, 1.807) is 13.0 Å². The van der Waals surface area contributed by atoms with Crippen LogP contribution in [0.5, 0.6) is 0 Å². The predicted octanol–water partition coefficient (Wildman–Crippen LogP) is 2.73. The van der Waals surface area contributed by atoms with E-state index in [2.05, 4.69) is 31.0 Å². The van der Waals surface area contributed by atoms with Crippen LogP contribution in [-0.4, -0.2) is 42.6 Å². The number of aryl methyl sites for hydroxylation is 1. The summed E-state index contributed by atoms with van der Waals surface area (Å²) in [7, 11) is 1.38. The Morgan fingerprint density at radius 1 is 1.41 bits per heavy atom. The van der Waals surface area contributed by atoms with Gasteiger partial charge in [-0.15, -0.1) is 0 Å². The Labute approximate surface area is 133 Å². The van der Waals surface area contributed by atoms with Gasteiger partial charge in [0.25, 0.3) is 0 Å². The number of carbonyl (C=O) groups is 1. The van der Waals surface area contributed by atoms with Gasteiger partial charge in [-0.1, -0.05) is 0 Å². The number of carbonyl (C=O) groups excluding carboxylic acids is 1. The highest BCUT2D eigenvalue weighted by Gasteiger charge is 2.26. The molecule has 5 heteroatoms. The minimum absolute atomic E-state index is 0.249. The molecule has 0 radical (unpaired) electrons. The molecular weight excluding hydrogens is 280 g/mol. The second kappa shape index (κ2) is 6.84. The minimum Gasteiger partial charge on any atom is -0.465 e. The topological polar surface area (TPSA) is 54.7 Å². The lowest BCUT2D eigenvalue weighted by Gasteiger charge is -2.41. The fourth-order valence-electron chi connectivity index (χ4n) is 2.94. The van der Waals surface area contributed by atoms with Gasteiger partial charge in [0.15, 0.2) is 0 Å². The first-order valence-electron chi connectivity index (χ1n) is 7.97.